The van der Waals surface area contributed by atoms with Gasteiger partial charge in [-0.3, -0.25) is 9.36 Å². The standard InChI is InChI=1S/C17H21N5O2/c1-2-17(23)14-4-6-16(7-5-14)24-13-15-12-22(20-19-15)11-10-21-9-3-8-18-21/h3-9,12,17,23H,2,10-11,13H2,1H3. The number of aryl methyl sites for hydroxylation is 2. The lowest BCUT2D eigenvalue weighted by Gasteiger charge is -2.09. The number of nitrogens with zero attached hydrogens (tertiary/aromatic N) is 5. The van der Waals surface area contributed by atoms with Crippen molar-refractivity contribution in [3.05, 3.63) is 60.2 Å². The Morgan fingerprint density at radius 2 is 1.96 bits per heavy atom. The van der Waals surface area contributed by atoms with Gasteiger partial charge in [-0.2, -0.15) is 5.10 Å². The van der Waals surface area contributed by atoms with Gasteiger partial charge in [-0.25, -0.2) is 0 Å². The van der Waals surface area contributed by atoms with E-state index in [1.807, 2.05) is 54.3 Å². The average Bonchev–Trinajstić information content (AvgIpc) is 3.29. The smallest absolute Gasteiger partial charge is 0.134 e. The topological polar surface area (TPSA) is 78.0 Å². The molecule has 0 radical (unpaired) electrons. The van der Waals surface area contributed by atoms with Gasteiger partial charge in [-0.05, 0) is 30.2 Å². The average molecular weight is 327 g/mol. The number of hydrogen-bond donors (Lipinski definition) is 1. The lowest BCUT2D eigenvalue weighted by atomic mass is 10.1. The molecule has 1 unspecified atom stereocenters. The molecule has 1 N–H and O–H groups in total. The van der Waals surface area contributed by atoms with Crippen LogP contribution >= 0.6 is 0 Å². The van der Waals surface area contributed by atoms with Gasteiger partial charge in [0.05, 0.1) is 25.4 Å². The minimum Gasteiger partial charge on any atom is -0.487 e. The van der Waals surface area contributed by atoms with Gasteiger partial charge in [0.25, 0.3) is 0 Å². The number of rotatable bonds is 8. The quantitative estimate of drug-likeness (QED) is 0.686. The van der Waals surface area contributed by atoms with Crippen LogP contribution in [0.25, 0.3) is 0 Å². The highest BCUT2D eigenvalue weighted by Crippen LogP contribution is 2.20. The Morgan fingerprint density at radius 1 is 1.17 bits per heavy atom. The largest absolute Gasteiger partial charge is 0.487 e. The zero-order chi connectivity index (χ0) is 16.8. The van der Waals surface area contributed by atoms with Crippen LogP contribution in [0.2, 0.25) is 0 Å². The number of benzene rings is 1. The first kappa shape index (κ1) is 16.2. The minimum atomic E-state index is -0.422. The summed E-state index contributed by atoms with van der Waals surface area (Å²) in [7, 11) is 0. The van der Waals surface area contributed by atoms with E-state index < -0.39 is 6.10 Å². The van der Waals surface area contributed by atoms with E-state index in [2.05, 4.69) is 15.4 Å². The zero-order valence-electron chi connectivity index (χ0n) is 13.6. The van der Waals surface area contributed by atoms with Crippen LogP contribution in [-0.2, 0) is 19.7 Å². The summed E-state index contributed by atoms with van der Waals surface area (Å²) in [6, 6.07) is 9.37. The molecule has 0 bridgehead atoms. The molecule has 0 aliphatic rings. The van der Waals surface area contributed by atoms with Crippen molar-refractivity contribution in [1.29, 1.82) is 0 Å². The molecule has 0 aliphatic carbocycles. The highest BCUT2D eigenvalue weighted by Gasteiger charge is 2.06. The predicted molar refractivity (Wildman–Crippen MR) is 88.3 cm³/mol. The molecule has 2 heterocycles. The molecule has 24 heavy (non-hydrogen) atoms. The summed E-state index contributed by atoms with van der Waals surface area (Å²) in [5.74, 6) is 0.744. The number of hydrogen-bond acceptors (Lipinski definition) is 5. The molecule has 0 saturated heterocycles. The Kier molecular flexibility index (Phi) is 5.22. The van der Waals surface area contributed by atoms with Gasteiger partial charge in [-0.15, -0.1) is 5.10 Å². The molecule has 7 nitrogen and oxygen atoms in total. The number of aromatic nitrogens is 5. The van der Waals surface area contributed by atoms with Gasteiger partial charge in [0.1, 0.15) is 18.1 Å². The fraction of sp³-hybridized carbons (Fsp3) is 0.353. The van der Waals surface area contributed by atoms with E-state index in [-0.39, 0.29) is 0 Å². The first-order valence-electron chi connectivity index (χ1n) is 8.02. The zero-order valence-corrected chi connectivity index (χ0v) is 13.6. The van der Waals surface area contributed by atoms with Gasteiger partial charge < -0.3 is 9.84 Å². The Labute approximate surface area is 140 Å². The van der Waals surface area contributed by atoms with Crippen molar-refractivity contribution in [2.45, 2.75) is 39.1 Å². The molecular weight excluding hydrogens is 306 g/mol. The molecule has 126 valence electrons. The molecule has 3 aromatic rings. The molecule has 3 rings (SSSR count). The molecule has 0 saturated carbocycles. The monoisotopic (exact) mass is 327 g/mol. The van der Waals surface area contributed by atoms with E-state index >= 15 is 0 Å². The molecule has 0 spiro atoms. The Morgan fingerprint density at radius 3 is 2.67 bits per heavy atom. The van der Waals surface area contributed by atoms with Crippen LogP contribution in [0, 0.1) is 0 Å². The summed E-state index contributed by atoms with van der Waals surface area (Å²) in [5.41, 5.74) is 1.67. The predicted octanol–water partition coefficient (Wildman–Crippen LogP) is 2.20. The fourth-order valence-electron chi connectivity index (χ4n) is 2.33. The maximum Gasteiger partial charge on any atom is 0.134 e. The summed E-state index contributed by atoms with van der Waals surface area (Å²) in [4.78, 5) is 0. The van der Waals surface area contributed by atoms with Crippen LogP contribution in [0.3, 0.4) is 0 Å². The van der Waals surface area contributed by atoms with Gasteiger partial charge in [-0.1, -0.05) is 24.3 Å². The first-order chi connectivity index (χ1) is 11.7. The summed E-state index contributed by atoms with van der Waals surface area (Å²) < 4.78 is 9.34. The second-order valence-corrected chi connectivity index (χ2v) is 5.52. The van der Waals surface area contributed by atoms with Gasteiger partial charge >= 0.3 is 0 Å². The van der Waals surface area contributed by atoms with Crippen LogP contribution in [0.4, 0.5) is 0 Å². The third kappa shape index (κ3) is 4.20. The second-order valence-electron chi connectivity index (χ2n) is 5.52. The van der Waals surface area contributed by atoms with Crippen molar-refractivity contribution in [1.82, 2.24) is 24.8 Å². The van der Waals surface area contributed by atoms with E-state index in [0.717, 1.165) is 23.6 Å². The molecule has 7 heteroatoms. The summed E-state index contributed by atoms with van der Waals surface area (Å²) in [6.07, 6.45) is 5.82. The first-order valence-corrected chi connectivity index (χ1v) is 8.02. The lowest BCUT2D eigenvalue weighted by molar-refractivity contribution is 0.173. The summed E-state index contributed by atoms with van der Waals surface area (Å²) in [5, 5.41) is 22.1. The van der Waals surface area contributed by atoms with Crippen molar-refractivity contribution in [2.24, 2.45) is 0 Å². The third-order valence-corrected chi connectivity index (χ3v) is 3.74. The molecular formula is C17H21N5O2. The number of ether oxygens (including phenoxy) is 1. The van der Waals surface area contributed by atoms with E-state index in [0.29, 0.717) is 19.6 Å². The van der Waals surface area contributed by atoms with E-state index in [9.17, 15) is 5.11 Å². The van der Waals surface area contributed by atoms with Crippen LogP contribution in [0.5, 0.6) is 5.75 Å². The highest BCUT2D eigenvalue weighted by atomic mass is 16.5. The Bertz CT molecular complexity index is 737. The van der Waals surface area contributed by atoms with Gasteiger partial charge in [0.15, 0.2) is 0 Å². The third-order valence-electron chi connectivity index (χ3n) is 3.74. The van der Waals surface area contributed by atoms with Crippen LogP contribution in [0.1, 0.15) is 30.7 Å². The summed E-state index contributed by atoms with van der Waals surface area (Å²) in [6.45, 7) is 3.76. The van der Waals surface area contributed by atoms with Crippen LogP contribution in [0.15, 0.2) is 48.9 Å². The molecule has 1 atom stereocenters. The van der Waals surface area contributed by atoms with E-state index in [1.165, 1.54) is 0 Å². The maximum absolute atomic E-state index is 9.78. The van der Waals surface area contributed by atoms with Crippen molar-refractivity contribution in [3.8, 4) is 5.75 Å². The van der Waals surface area contributed by atoms with Gasteiger partial charge in [0, 0.05) is 12.4 Å². The normalized spacial score (nSPS) is 12.2. The minimum absolute atomic E-state index is 0.359. The fourth-order valence-corrected chi connectivity index (χ4v) is 2.33. The van der Waals surface area contributed by atoms with Crippen molar-refractivity contribution >= 4 is 0 Å². The SMILES string of the molecule is CCC(O)c1ccc(OCc2cn(CCn3cccn3)nn2)cc1. The molecule has 0 fully saturated rings. The molecule has 1 aromatic carbocycles. The summed E-state index contributed by atoms with van der Waals surface area (Å²) >= 11 is 0. The second kappa shape index (κ2) is 7.74. The Hall–Kier alpha value is -2.67. The van der Waals surface area contributed by atoms with Gasteiger partial charge in [0.2, 0.25) is 0 Å². The van der Waals surface area contributed by atoms with Crippen molar-refractivity contribution in [2.75, 3.05) is 0 Å². The van der Waals surface area contributed by atoms with Crippen LogP contribution in [-0.4, -0.2) is 29.9 Å². The molecule has 2 aromatic heterocycles. The molecule has 0 amide bonds. The maximum atomic E-state index is 9.78. The van der Waals surface area contributed by atoms with E-state index in [1.54, 1.807) is 10.9 Å². The molecule has 0 aliphatic heterocycles. The number of aliphatic hydroxyl groups excluding tert-OH is 1. The lowest BCUT2D eigenvalue weighted by Crippen LogP contribution is -2.08. The Balaban J connectivity index is 1.49. The number of aliphatic hydroxyl groups is 1. The van der Waals surface area contributed by atoms with Crippen molar-refractivity contribution < 1.29 is 9.84 Å². The van der Waals surface area contributed by atoms with E-state index in [4.69, 9.17) is 4.74 Å². The van der Waals surface area contributed by atoms with Crippen LogP contribution < -0.4 is 4.74 Å². The van der Waals surface area contributed by atoms with Crippen molar-refractivity contribution in [3.63, 3.8) is 0 Å². The highest BCUT2D eigenvalue weighted by molar-refractivity contribution is 5.28.